The van der Waals surface area contributed by atoms with E-state index in [1.807, 2.05) is 0 Å². The van der Waals surface area contributed by atoms with E-state index in [0.717, 1.165) is 12.1 Å². The maximum atomic E-state index is 2.80. The molecule has 0 N–H and O–H groups in total. The molecule has 3 unspecified atom stereocenters. The number of nitrogens with zero attached hydrogens (tertiary/aromatic N) is 1. The fourth-order valence-corrected chi connectivity index (χ4v) is 3.54. The molecule has 1 heteroatoms. The second-order valence-corrected chi connectivity index (χ2v) is 4.53. The van der Waals surface area contributed by atoms with Crippen molar-refractivity contribution in [2.45, 2.75) is 56.7 Å². The molecule has 0 aliphatic carbocycles. The lowest BCUT2D eigenvalue weighted by molar-refractivity contribution is -0.0181. The van der Waals surface area contributed by atoms with Crippen molar-refractivity contribution in [3.05, 3.63) is 0 Å². The minimum absolute atomic E-state index is 0.672. The molecule has 1 nitrogen and oxygen atoms in total. The Kier molecular flexibility index (Phi) is 0.797. The molecule has 3 aliphatic heterocycles. The van der Waals surface area contributed by atoms with Crippen LogP contribution in [0.3, 0.4) is 0 Å². The fourth-order valence-electron chi connectivity index (χ4n) is 3.54. The highest BCUT2D eigenvalue weighted by atomic mass is 15.3. The van der Waals surface area contributed by atoms with Crippen molar-refractivity contribution < 1.29 is 0 Å². The summed E-state index contributed by atoms with van der Waals surface area (Å²) in [5, 5.41) is 0. The summed E-state index contributed by atoms with van der Waals surface area (Å²) < 4.78 is 0. The molecule has 0 aromatic carbocycles. The lowest BCUT2D eigenvalue weighted by atomic mass is 9.80. The predicted octanol–water partition coefficient (Wildman–Crippen LogP) is 1.78. The molecule has 3 atom stereocenters. The van der Waals surface area contributed by atoms with Crippen molar-refractivity contribution in [1.29, 1.82) is 0 Å². The zero-order chi connectivity index (χ0) is 6.77. The largest absolute Gasteiger partial charge is 0.292 e. The number of hydrogen-bond acceptors (Lipinski definition) is 1. The second-order valence-electron chi connectivity index (χ2n) is 4.53. The average Bonchev–Trinajstić information content (AvgIpc) is 2.28. The van der Waals surface area contributed by atoms with Crippen LogP contribution in [0.1, 0.15) is 39.0 Å². The van der Waals surface area contributed by atoms with E-state index in [9.17, 15) is 0 Å². The summed E-state index contributed by atoms with van der Waals surface area (Å²) >= 11 is 0. The fraction of sp³-hybridized carbons (Fsp3) is 1.00. The molecule has 3 heterocycles. The summed E-state index contributed by atoms with van der Waals surface area (Å²) in [5.41, 5.74) is 0.672. The van der Waals surface area contributed by atoms with Crippen LogP contribution in [-0.4, -0.2) is 22.5 Å². The molecule has 3 saturated heterocycles. The van der Waals surface area contributed by atoms with Crippen molar-refractivity contribution in [2.24, 2.45) is 0 Å². The number of rotatable bonds is 0. The maximum absolute atomic E-state index is 2.80. The zero-order valence-corrected chi connectivity index (χ0v) is 6.64. The third-order valence-corrected chi connectivity index (χ3v) is 3.93. The van der Waals surface area contributed by atoms with E-state index in [1.165, 1.54) is 32.1 Å². The summed E-state index contributed by atoms with van der Waals surface area (Å²) in [6, 6.07) is 2.02. The first-order valence-corrected chi connectivity index (χ1v) is 4.58. The Morgan fingerprint density at radius 3 is 2.80 bits per heavy atom. The Hall–Kier alpha value is -0.0400. The molecule has 3 aliphatic rings. The van der Waals surface area contributed by atoms with Gasteiger partial charge in [0.25, 0.3) is 0 Å². The minimum atomic E-state index is 0.672. The van der Waals surface area contributed by atoms with Gasteiger partial charge in [-0.25, -0.2) is 0 Å². The van der Waals surface area contributed by atoms with Gasteiger partial charge < -0.3 is 0 Å². The summed E-state index contributed by atoms with van der Waals surface area (Å²) in [6.45, 7) is 2.45. The van der Waals surface area contributed by atoms with Gasteiger partial charge in [-0.15, -0.1) is 0 Å². The van der Waals surface area contributed by atoms with Crippen LogP contribution in [-0.2, 0) is 0 Å². The Bertz CT molecular complexity index is 178. The monoisotopic (exact) mass is 137 g/mol. The Morgan fingerprint density at radius 1 is 1.20 bits per heavy atom. The first kappa shape index (κ1) is 5.59. The number of hydrogen-bond donors (Lipinski definition) is 0. The third kappa shape index (κ3) is 0.430. The summed E-state index contributed by atoms with van der Waals surface area (Å²) in [7, 11) is 0. The summed E-state index contributed by atoms with van der Waals surface area (Å²) in [5.74, 6) is 0. The quantitative estimate of drug-likeness (QED) is 0.492. The van der Waals surface area contributed by atoms with Crippen LogP contribution in [0, 0.1) is 0 Å². The van der Waals surface area contributed by atoms with Crippen molar-refractivity contribution in [3.8, 4) is 0 Å². The van der Waals surface area contributed by atoms with Crippen LogP contribution >= 0.6 is 0 Å². The lowest BCUT2D eigenvalue weighted by Gasteiger charge is -2.51. The molecule has 56 valence electrons. The molecule has 0 bridgehead atoms. The smallest absolute Gasteiger partial charge is 0.0202 e. The second kappa shape index (κ2) is 1.42. The van der Waals surface area contributed by atoms with Crippen molar-refractivity contribution in [2.75, 3.05) is 0 Å². The molecule has 0 aromatic heterocycles. The first-order chi connectivity index (χ1) is 4.80. The molecule has 0 radical (unpaired) electrons. The molecule has 3 rings (SSSR count). The van der Waals surface area contributed by atoms with Gasteiger partial charge in [0.15, 0.2) is 0 Å². The Balaban J connectivity index is 1.98. The zero-order valence-electron chi connectivity index (χ0n) is 6.64. The van der Waals surface area contributed by atoms with Gasteiger partial charge in [-0.3, -0.25) is 4.90 Å². The SMILES string of the molecule is CC12CCC3CCC(C1)N32. The van der Waals surface area contributed by atoms with Crippen LogP contribution in [0.15, 0.2) is 0 Å². The van der Waals surface area contributed by atoms with Crippen LogP contribution in [0.2, 0.25) is 0 Å². The molecular weight excluding hydrogens is 122 g/mol. The van der Waals surface area contributed by atoms with E-state index >= 15 is 0 Å². The maximum Gasteiger partial charge on any atom is 0.0202 e. The molecule has 10 heavy (non-hydrogen) atoms. The normalized spacial score (nSPS) is 58.5. The van der Waals surface area contributed by atoms with Crippen LogP contribution in [0.25, 0.3) is 0 Å². The first-order valence-electron chi connectivity index (χ1n) is 4.58. The van der Waals surface area contributed by atoms with Gasteiger partial charge in [0.2, 0.25) is 0 Å². The molecule has 0 spiro atoms. The van der Waals surface area contributed by atoms with Crippen LogP contribution in [0.5, 0.6) is 0 Å². The van der Waals surface area contributed by atoms with E-state index in [0.29, 0.717) is 5.54 Å². The lowest BCUT2D eigenvalue weighted by Crippen LogP contribution is -2.59. The standard InChI is InChI=1S/C9H15N/c1-9-5-4-7-2-3-8(6-9)10(7)9/h7-8H,2-6H2,1H3. The van der Waals surface area contributed by atoms with Gasteiger partial charge in [-0.1, -0.05) is 0 Å². The van der Waals surface area contributed by atoms with Gasteiger partial charge in [0, 0.05) is 17.6 Å². The Morgan fingerprint density at radius 2 is 2.00 bits per heavy atom. The van der Waals surface area contributed by atoms with Crippen molar-refractivity contribution in [3.63, 3.8) is 0 Å². The molecule has 0 aromatic rings. The minimum Gasteiger partial charge on any atom is -0.292 e. The van der Waals surface area contributed by atoms with Gasteiger partial charge >= 0.3 is 0 Å². The van der Waals surface area contributed by atoms with Crippen molar-refractivity contribution >= 4 is 0 Å². The van der Waals surface area contributed by atoms with Gasteiger partial charge in [0.1, 0.15) is 0 Å². The average molecular weight is 137 g/mol. The van der Waals surface area contributed by atoms with E-state index in [4.69, 9.17) is 0 Å². The van der Waals surface area contributed by atoms with Crippen molar-refractivity contribution in [1.82, 2.24) is 4.90 Å². The van der Waals surface area contributed by atoms with Gasteiger partial charge in [-0.05, 0) is 39.0 Å². The van der Waals surface area contributed by atoms with E-state index in [-0.39, 0.29) is 0 Å². The van der Waals surface area contributed by atoms with Crippen LogP contribution in [0.4, 0.5) is 0 Å². The topological polar surface area (TPSA) is 3.24 Å². The summed E-state index contributed by atoms with van der Waals surface area (Å²) in [4.78, 5) is 2.80. The molecule has 0 saturated carbocycles. The highest BCUT2D eigenvalue weighted by molar-refractivity contribution is 5.13. The van der Waals surface area contributed by atoms with Gasteiger partial charge in [0.05, 0.1) is 0 Å². The molecule has 3 fully saturated rings. The van der Waals surface area contributed by atoms with Crippen LogP contribution < -0.4 is 0 Å². The molecule has 0 amide bonds. The third-order valence-electron chi connectivity index (χ3n) is 3.93. The molecular formula is C9H15N. The highest BCUT2D eigenvalue weighted by Gasteiger charge is 2.57. The summed E-state index contributed by atoms with van der Waals surface area (Å²) in [6.07, 6.45) is 7.48. The van der Waals surface area contributed by atoms with E-state index < -0.39 is 0 Å². The van der Waals surface area contributed by atoms with E-state index in [1.54, 1.807) is 0 Å². The highest BCUT2D eigenvalue weighted by Crippen LogP contribution is 2.54. The Labute approximate surface area is 62.4 Å². The predicted molar refractivity (Wildman–Crippen MR) is 40.9 cm³/mol. The van der Waals surface area contributed by atoms with Gasteiger partial charge in [-0.2, -0.15) is 0 Å². The van der Waals surface area contributed by atoms with E-state index in [2.05, 4.69) is 11.8 Å².